The first-order chi connectivity index (χ1) is 13.2. The first-order valence-corrected chi connectivity index (χ1v) is 9.88. The van der Waals surface area contributed by atoms with E-state index in [4.69, 9.17) is 0 Å². The second-order valence-corrected chi connectivity index (χ2v) is 7.55. The zero-order valence-corrected chi connectivity index (χ0v) is 15.5. The summed E-state index contributed by atoms with van der Waals surface area (Å²) in [6.07, 6.45) is 12.2. The lowest BCUT2D eigenvalue weighted by molar-refractivity contribution is -0.127. The fourth-order valence-electron chi connectivity index (χ4n) is 4.16. The Balaban J connectivity index is 1.55. The van der Waals surface area contributed by atoms with Crippen molar-refractivity contribution in [1.82, 2.24) is 19.8 Å². The summed E-state index contributed by atoms with van der Waals surface area (Å²) >= 11 is 0. The number of aromatic nitrogens is 2. The summed E-state index contributed by atoms with van der Waals surface area (Å²) in [4.78, 5) is 32.0. The third-order valence-electron chi connectivity index (χ3n) is 5.64. The topological polar surface area (TPSA) is 67.2 Å². The molecule has 0 bridgehead atoms. The molecular weight excluding hydrogens is 340 g/mol. The summed E-state index contributed by atoms with van der Waals surface area (Å²) in [6.45, 7) is 0.882. The molecule has 1 fully saturated rings. The Morgan fingerprint density at radius 1 is 1.15 bits per heavy atom. The van der Waals surface area contributed by atoms with Crippen molar-refractivity contribution in [1.29, 1.82) is 0 Å². The van der Waals surface area contributed by atoms with E-state index >= 15 is 0 Å². The van der Waals surface area contributed by atoms with Gasteiger partial charge in [-0.1, -0.05) is 31.7 Å². The lowest BCUT2D eigenvalue weighted by Gasteiger charge is -2.36. The largest absolute Gasteiger partial charge is 0.352 e. The maximum atomic E-state index is 13.1. The number of hydrogen-bond donors (Lipinski definition) is 1. The van der Waals surface area contributed by atoms with Crippen LogP contribution in [0.4, 0.5) is 0 Å². The van der Waals surface area contributed by atoms with E-state index in [0.29, 0.717) is 18.8 Å². The maximum Gasteiger partial charge on any atom is 0.271 e. The van der Waals surface area contributed by atoms with E-state index in [0.717, 1.165) is 31.2 Å². The van der Waals surface area contributed by atoms with Crippen LogP contribution in [0.5, 0.6) is 0 Å². The van der Waals surface area contributed by atoms with Crippen LogP contribution in [0.1, 0.15) is 54.6 Å². The van der Waals surface area contributed by atoms with Gasteiger partial charge in [-0.25, -0.2) is 0 Å². The van der Waals surface area contributed by atoms with Crippen LogP contribution >= 0.6 is 0 Å². The highest BCUT2D eigenvalue weighted by atomic mass is 16.2. The van der Waals surface area contributed by atoms with Gasteiger partial charge in [0.15, 0.2) is 0 Å². The molecule has 2 aromatic rings. The number of carbonyl (C=O) groups excluding carboxylic acids is 2. The predicted octanol–water partition coefficient (Wildman–Crippen LogP) is 2.75. The molecule has 142 valence electrons. The Hall–Kier alpha value is -2.63. The normalized spacial score (nSPS) is 20.8. The van der Waals surface area contributed by atoms with Gasteiger partial charge in [0.25, 0.3) is 5.91 Å². The predicted molar refractivity (Wildman–Crippen MR) is 102 cm³/mol. The van der Waals surface area contributed by atoms with Crippen LogP contribution < -0.4 is 5.32 Å². The summed E-state index contributed by atoms with van der Waals surface area (Å²) in [5.74, 6) is -0.144. The summed E-state index contributed by atoms with van der Waals surface area (Å²) < 4.78 is 1.89. The zero-order chi connectivity index (χ0) is 18.6. The molecule has 4 rings (SSSR count). The van der Waals surface area contributed by atoms with Gasteiger partial charge in [0.05, 0.1) is 6.54 Å². The average Bonchev–Trinajstić information content (AvgIpc) is 3.01. The van der Waals surface area contributed by atoms with Gasteiger partial charge in [0.1, 0.15) is 11.7 Å². The van der Waals surface area contributed by atoms with Crippen molar-refractivity contribution in [3.63, 3.8) is 0 Å². The van der Waals surface area contributed by atoms with Gasteiger partial charge in [0, 0.05) is 31.2 Å². The number of rotatable bonds is 4. The molecule has 0 spiro atoms. The Bertz CT molecular complexity index is 794. The average molecular weight is 366 g/mol. The second kappa shape index (κ2) is 7.94. The molecule has 2 aliphatic rings. The van der Waals surface area contributed by atoms with Crippen molar-refractivity contribution >= 4 is 11.8 Å². The second-order valence-electron chi connectivity index (χ2n) is 7.55. The number of fused-ring (bicyclic) bond motifs is 1. The lowest BCUT2D eigenvalue weighted by Crippen LogP contribution is -2.56. The number of hydrogen-bond acceptors (Lipinski definition) is 3. The van der Waals surface area contributed by atoms with Crippen molar-refractivity contribution in [2.75, 3.05) is 0 Å². The molecule has 2 amide bonds. The van der Waals surface area contributed by atoms with Crippen LogP contribution in [-0.4, -0.2) is 38.3 Å². The summed E-state index contributed by atoms with van der Waals surface area (Å²) in [7, 11) is 0. The van der Waals surface area contributed by atoms with Gasteiger partial charge in [-0.05, 0) is 36.6 Å². The minimum absolute atomic E-state index is 0.0431. The first kappa shape index (κ1) is 17.8. The van der Waals surface area contributed by atoms with Gasteiger partial charge in [-0.3, -0.25) is 14.6 Å². The van der Waals surface area contributed by atoms with Crippen LogP contribution in [0, 0.1) is 0 Å². The highest BCUT2D eigenvalue weighted by molar-refractivity contribution is 5.97. The highest BCUT2D eigenvalue weighted by Crippen LogP contribution is 2.22. The third-order valence-corrected chi connectivity index (χ3v) is 5.64. The molecule has 1 aliphatic heterocycles. The molecule has 0 aromatic carbocycles. The zero-order valence-electron chi connectivity index (χ0n) is 15.5. The number of carbonyl (C=O) groups is 2. The number of pyridine rings is 1. The molecule has 1 saturated carbocycles. The van der Waals surface area contributed by atoms with Crippen LogP contribution in [0.15, 0.2) is 42.9 Å². The molecular formula is C21H26N4O2. The fourth-order valence-corrected chi connectivity index (χ4v) is 4.16. The van der Waals surface area contributed by atoms with Crippen LogP contribution in [0.2, 0.25) is 0 Å². The molecule has 0 radical (unpaired) electrons. The van der Waals surface area contributed by atoms with Crippen molar-refractivity contribution in [3.05, 3.63) is 54.1 Å². The van der Waals surface area contributed by atoms with Crippen molar-refractivity contribution in [2.24, 2.45) is 0 Å². The van der Waals surface area contributed by atoms with Crippen molar-refractivity contribution in [2.45, 2.75) is 63.7 Å². The molecule has 1 aliphatic carbocycles. The minimum atomic E-state index is -0.499. The minimum Gasteiger partial charge on any atom is -0.352 e. The van der Waals surface area contributed by atoms with E-state index in [1.165, 1.54) is 12.8 Å². The molecule has 0 saturated heterocycles. The number of nitrogens with one attached hydrogen (secondary N) is 1. The summed E-state index contributed by atoms with van der Waals surface area (Å²) in [5, 5.41) is 3.23. The quantitative estimate of drug-likeness (QED) is 0.846. The summed E-state index contributed by atoms with van der Waals surface area (Å²) in [5.41, 5.74) is 1.57. The molecule has 1 atom stereocenters. The Kier molecular flexibility index (Phi) is 5.23. The molecule has 2 aromatic heterocycles. The molecule has 6 nitrogen and oxygen atoms in total. The Labute approximate surface area is 159 Å². The molecule has 1 N–H and O–H groups in total. The smallest absolute Gasteiger partial charge is 0.271 e. The summed E-state index contributed by atoms with van der Waals surface area (Å²) in [6, 6.07) is 7.20. The first-order valence-electron chi connectivity index (χ1n) is 9.88. The maximum absolute atomic E-state index is 13.1. The van der Waals surface area contributed by atoms with E-state index in [1.807, 2.05) is 35.0 Å². The molecule has 1 unspecified atom stereocenters. The van der Waals surface area contributed by atoms with Crippen LogP contribution in [0.25, 0.3) is 0 Å². The van der Waals surface area contributed by atoms with Crippen molar-refractivity contribution < 1.29 is 9.59 Å². The van der Waals surface area contributed by atoms with E-state index < -0.39 is 6.04 Å². The van der Waals surface area contributed by atoms with E-state index in [-0.39, 0.29) is 17.9 Å². The standard InChI is InChI=1S/C21H26N4O2/c26-20(23-17-8-3-1-2-4-9-17)19-15-24-12-6-10-18(24)21(27)25(19)14-16-7-5-11-22-13-16/h5-7,10-13,17,19H,1-4,8-9,14-15H2,(H,23,26). The molecule has 3 heterocycles. The SMILES string of the molecule is O=C(NC1CCCCCC1)C1Cn2cccc2C(=O)N1Cc1cccnc1. The lowest BCUT2D eigenvalue weighted by atomic mass is 10.1. The Morgan fingerprint density at radius 3 is 2.70 bits per heavy atom. The number of nitrogens with zero attached hydrogens (tertiary/aromatic N) is 3. The monoisotopic (exact) mass is 366 g/mol. The van der Waals surface area contributed by atoms with Crippen molar-refractivity contribution in [3.8, 4) is 0 Å². The van der Waals surface area contributed by atoms with Crippen LogP contribution in [0.3, 0.4) is 0 Å². The number of amides is 2. The van der Waals surface area contributed by atoms with Gasteiger partial charge in [-0.15, -0.1) is 0 Å². The van der Waals surface area contributed by atoms with E-state index in [2.05, 4.69) is 10.3 Å². The van der Waals surface area contributed by atoms with Gasteiger partial charge in [0.2, 0.25) is 5.91 Å². The van der Waals surface area contributed by atoms with Crippen LogP contribution in [-0.2, 0) is 17.9 Å². The highest BCUT2D eigenvalue weighted by Gasteiger charge is 2.37. The van der Waals surface area contributed by atoms with Gasteiger partial charge < -0.3 is 14.8 Å². The Morgan fingerprint density at radius 2 is 1.96 bits per heavy atom. The van der Waals surface area contributed by atoms with Gasteiger partial charge in [-0.2, -0.15) is 0 Å². The molecule has 6 heteroatoms. The van der Waals surface area contributed by atoms with E-state index in [9.17, 15) is 9.59 Å². The fraction of sp³-hybridized carbons (Fsp3) is 0.476. The van der Waals surface area contributed by atoms with E-state index in [1.54, 1.807) is 17.3 Å². The third kappa shape index (κ3) is 3.89. The molecule has 27 heavy (non-hydrogen) atoms. The van der Waals surface area contributed by atoms with Gasteiger partial charge >= 0.3 is 0 Å².